The van der Waals surface area contributed by atoms with Crippen LogP contribution in [0.2, 0.25) is 0 Å². The summed E-state index contributed by atoms with van der Waals surface area (Å²) in [7, 11) is 0. The van der Waals surface area contributed by atoms with Crippen LogP contribution in [-0.2, 0) is 6.42 Å². The van der Waals surface area contributed by atoms with Crippen LogP contribution in [0.15, 0.2) is 54.6 Å². The van der Waals surface area contributed by atoms with Gasteiger partial charge in [0.05, 0.1) is 6.10 Å². The van der Waals surface area contributed by atoms with Crippen LogP contribution < -0.4 is 0 Å². The first-order chi connectivity index (χ1) is 14.4. The monoisotopic (exact) mass is 406 g/mol. The van der Waals surface area contributed by atoms with Gasteiger partial charge < -0.3 is 5.11 Å². The summed E-state index contributed by atoms with van der Waals surface area (Å²) in [5.74, 6) is -0.211. The minimum Gasteiger partial charge on any atom is -0.388 e. The number of hydrogen-bond acceptors (Lipinski definition) is 1. The Morgan fingerprint density at radius 1 is 1.00 bits per heavy atom. The molecule has 0 saturated carbocycles. The molecule has 0 saturated heterocycles. The Hall–Kier alpha value is -2.52. The smallest absolute Gasteiger partial charge is 0.151 e. The van der Waals surface area contributed by atoms with Gasteiger partial charge in [-0.25, -0.2) is 8.78 Å². The van der Waals surface area contributed by atoms with Crippen LogP contribution in [0.4, 0.5) is 8.78 Å². The van der Waals surface area contributed by atoms with E-state index in [0.29, 0.717) is 17.5 Å². The number of aryl methyl sites for hydroxylation is 2. The van der Waals surface area contributed by atoms with Crippen LogP contribution in [0.3, 0.4) is 0 Å². The summed E-state index contributed by atoms with van der Waals surface area (Å²) < 4.78 is 29.9. The maximum atomic E-state index is 16.2. The number of alkyl halides is 1. The highest BCUT2D eigenvalue weighted by Gasteiger charge is 2.31. The minimum atomic E-state index is -1.33. The lowest BCUT2D eigenvalue weighted by atomic mass is 9.76. The van der Waals surface area contributed by atoms with Gasteiger partial charge in [0.15, 0.2) is 6.17 Å². The largest absolute Gasteiger partial charge is 0.388 e. The molecule has 2 atom stereocenters. The molecule has 3 heteroatoms. The number of hydrogen-bond donors (Lipinski definition) is 1. The highest BCUT2D eigenvalue weighted by molar-refractivity contribution is 5.76. The van der Waals surface area contributed by atoms with Crippen LogP contribution in [-0.4, -0.2) is 5.11 Å². The van der Waals surface area contributed by atoms with Gasteiger partial charge in [-0.1, -0.05) is 61.9 Å². The third-order valence-corrected chi connectivity index (χ3v) is 6.16. The van der Waals surface area contributed by atoms with Crippen molar-refractivity contribution in [1.82, 2.24) is 0 Å². The fourth-order valence-electron chi connectivity index (χ4n) is 4.59. The molecule has 156 valence electrons. The molecular formula is C27H28F2O. The number of halogens is 2. The van der Waals surface area contributed by atoms with Crippen LogP contribution in [0.5, 0.6) is 0 Å². The molecule has 0 spiro atoms. The predicted molar refractivity (Wildman–Crippen MR) is 118 cm³/mol. The lowest BCUT2D eigenvalue weighted by molar-refractivity contribution is 0.157. The van der Waals surface area contributed by atoms with E-state index >= 15 is 4.39 Å². The third-order valence-electron chi connectivity index (χ3n) is 6.16. The van der Waals surface area contributed by atoms with Gasteiger partial charge in [0.2, 0.25) is 0 Å². The summed E-state index contributed by atoms with van der Waals surface area (Å²) >= 11 is 0. The molecule has 0 heterocycles. The molecule has 1 nitrogen and oxygen atoms in total. The molecule has 1 aliphatic rings. The second-order valence-corrected chi connectivity index (χ2v) is 8.67. The number of rotatable bonds is 4. The van der Waals surface area contributed by atoms with E-state index in [0.717, 1.165) is 46.2 Å². The minimum absolute atomic E-state index is 0.118. The van der Waals surface area contributed by atoms with Gasteiger partial charge in [-0.05, 0) is 77.6 Å². The first-order valence-corrected chi connectivity index (χ1v) is 10.7. The fraction of sp³-hybridized carbons (Fsp3) is 0.333. The van der Waals surface area contributed by atoms with Crippen LogP contribution in [0.25, 0.3) is 11.1 Å². The van der Waals surface area contributed by atoms with Crippen molar-refractivity contribution in [1.29, 1.82) is 0 Å². The zero-order valence-electron chi connectivity index (χ0n) is 17.8. The van der Waals surface area contributed by atoms with E-state index in [9.17, 15) is 9.50 Å². The average molecular weight is 407 g/mol. The van der Waals surface area contributed by atoms with Crippen molar-refractivity contribution in [3.8, 4) is 11.1 Å². The first-order valence-electron chi connectivity index (χ1n) is 10.7. The molecular weight excluding hydrogens is 378 g/mol. The lowest BCUT2D eigenvalue weighted by Gasteiger charge is -2.31. The Morgan fingerprint density at radius 2 is 1.67 bits per heavy atom. The topological polar surface area (TPSA) is 20.2 Å². The number of benzene rings is 3. The van der Waals surface area contributed by atoms with Crippen molar-refractivity contribution >= 4 is 0 Å². The quantitative estimate of drug-likeness (QED) is 0.480. The highest BCUT2D eigenvalue weighted by atomic mass is 19.1. The van der Waals surface area contributed by atoms with E-state index in [2.05, 4.69) is 19.9 Å². The summed E-state index contributed by atoms with van der Waals surface area (Å²) in [5.41, 5.74) is 6.59. The molecule has 0 radical (unpaired) electrons. The Labute approximate surface area is 177 Å². The van der Waals surface area contributed by atoms with Gasteiger partial charge in [0.25, 0.3) is 0 Å². The summed E-state index contributed by atoms with van der Waals surface area (Å²) in [4.78, 5) is 0. The molecule has 3 aromatic rings. The Balaban J connectivity index is 2.04. The molecule has 0 aliphatic heterocycles. The van der Waals surface area contributed by atoms with Gasteiger partial charge in [-0.2, -0.15) is 0 Å². The fourth-order valence-corrected chi connectivity index (χ4v) is 4.59. The third kappa shape index (κ3) is 3.79. The summed E-state index contributed by atoms with van der Waals surface area (Å²) in [5, 5.41) is 10.9. The summed E-state index contributed by atoms with van der Waals surface area (Å²) in [6, 6.07) is 15.8. The van der Waals surface area contributed by atoms with E-state index in [-0.39, 0.29) is 11.7 Å². The summed E-state index contributed by atoms with van der Waals surface area (Å²) in [6.45, 7) is 6.12. The number of aliphatic hydroxyl groups is 1. The molecule has 0 amide bonds. The van der Waals surface area contributed by atoms with E-state index in [4.69, 9.17) is 0 Å². The van der Waals surface area contributed by atoms with Gasteiger partial charge in [0.1, 0.15) is 5.82 Å². The normalized spacial score (nSPS) is 17.1. The molecule has 1 N–H and O–H groups in total. The van der Waals surface area contributed by atoms with Crippen molar-refractivity contribution in [3.05, 3.63) is 93.8 Å². The van der Waals surface area contributed by atoms with Gasteiger partial charge >= 0.3 is 0 Å². The van der Waals surface area contributed by atoms with E-state index < -0.39 is 12.3 Å². The first kappa shape index (κ1) is 20.7. The van der Waals surface area contributed by atoms with Crippen molar-refractivity contribution < 1.29 is 13.9 Å². The zero-order chi connectivity index (χ0) is 21.4. The standard InChI is InChI=1S/C27H28F2O/c1-16(2)22-15-20-5-4-6-23(30)24(20)25(18-11-13-21(28)14-12-18)26(22)27(29)19-9-7-17(3)8-10-19/h7-16,23,27,30H,4-6H2,1-3H3. The maximum Gasteiger partial charge on any atom is 0.151 e. The second kappa shape index (κ2) is 8.31. The van der Waals surface area contributed by atoms with Gasteiger partial charge in [-0.3, -0.25) is 0 Å². The second-order valence-electron chi connectivity index (χ2n) is 8.67. The van der Waals surface area contributed by atoms with Crippen LogP contribution >= 0.6 is 0 Å². The predicted octanol–water partition coefficient (Wildman–Crippen LogP) is 7.35. The Kier molecular flexibility index (Phi) is 5.75. The Bertz CT molecular complexity index is 1040. The van der Waals surface area contributed by atoms with Crippen molar-refractivity contribution in [2.24, 2.45) is 0 Å². The molecule has 30 heavy (non-hydrogen) atoms. The van der Waals surface area contributed by atoms with Crippen LogP contribution in [0.1, 0.15) is 78.3 Å². The Morgan fingerprint density at radius 3 is 2.30 bits per heavy atom. The molecule has 0 fully saturated rings. The molecule has 1 aliphatic carbocycles. The maximum absolute atomic E-state index is 16.2. The molecule has 2 unspecified atom stereocenters. The average Bonchev–Trinajstić information content (AvgIpc) is 2.73. The van der Waals surface area contributed by atoms with Crippen molar-refractivity contribution in [3.63, 3.8) is 0 Å². The number of fused-ring (bicyclic) bond motifs is 1. The molecule has 0 aromatic heterocycles. The highest BCUT2D eigenvalue weighted by Crippen LogP contribution is 2.47. The lowest BCUT2D eigenvalue weighted by Crippen LogP contribution is -2.16. The van der Waals surface area contributed by atoms with Gasteiger partial charge in [-0.15, -0.1) is 0 Å². The van der Waals surface area contributed by atoms with E-state index in [1.807, 2.05) is 31.2 Å². The molecule has 3 aromatic carbocycles. The van der Waals surface area contributed by atoms with Crippen LogP contribution in [0, 0.1) is 12.7 Å². The SMILES string of the molecule is Cc1ccc(C(F)c2c(C(C)C)cc3c(c2-c2ccc(F)cc2)C(O)CCC3)cc1. The summed E-state index contributed by atoms with van der Waals surface area (Å²) in [6.07, 6.45) is 0.456. The zero-order valence-corrected chi connectivity index (χ0v) is 17.8. The van der Waals surface area contributed by atoms with E-state index in [1.165, 1.54) is 12.1 Å². The van der Waals surface area contributed by atoms with E-state index in [1.54, 1.807) is 12.1 Å². The molecule has 0 bridgehead atoms. The van der Waals surface area contributed by atoms with Crippen molar-refractivity contribution in [2.45, 2.75) is 58.2 Å². The molecule has 4 rings (SSSR count). The van der Waals surface area contributed by atoms with Gasteiger partial charge in [0, 0.05) is 5.56 Å². The number of aliphatic hydroxyl groups excluding tert-OH is 1. The van der Waals surface area contributed by atoms with Crippen molar-refractivity contribution in [2.75, 3.05) is 0 Å².